The second-order valence-corrected chi connectivity index (χ2v) is 23.0. The van der Waals surface area contributed by atoms with Crippen LogP contribution in [0.25, 0.3) is 0 Å². The molecule has 0 aliphatic heterocycles. The number of rotatable bonds is 54. The van der Waals surface area contributed by atoms with E-state index in [9.17, 15) is 19.0 Å². The molecule has 0 rings (SSSR count). The van der Waals surface area contributed by atoms with Crippen LogP contribution < -0.4 is 5.32 Å². The molecule has 0 aromatic rings. The van der Waals surface area contributed by atoms with E-state index >= 15 is 0 Å². The van der Waals surface area contributed by atoms with Crippen molar-refractivity contribution in [1.29, 1.82) is 0 Å². The van der Waals surface area contributed by atoms with Crippen LogP contribution in [0.3, 0.4) is 0 Å². The molecule has 0 aromatic carbocycles. The number of quaternary nitrogens is 1. The summed E-state index contributed by atoms with van der Waals surface area (Å²) in [4.78, 5) is 37.6. The summed E-state index contributed by atoms with van der Waals surface area (Å²) in [7, 11) is 1.49. The van der Waals surface area contributed by atoms with Crippen LogP contribution >= 0.6 is 7.82 Å². The topological polar surface area (TPSA) is 111 Å². The third-order valence-electron chi connectivity index (χ3n) is 13.2. The van der Waals surface area contributed by atoms with Crippen molar-refractivity contribution in [3.63, 3.8) is 0 Å². The molecule has 0 fully saturated rings. The van der Waals surface area contributed by atoms with Gasteiger partial charge in [-0.2, -0.15) is 0 Å². The van der Waals surface area contributed by atoms with Gasteiger partial charge >= 0.3 is 13.8 Å². The first kappa shape index (κ1) is 69.0. The molecule has 3 unspecified atom stereocenters. The minimum atomic E-state index is -4.45. The first-order valence-electron chi connectivity index (χ1n) is 30.0. The maximum absolute atomic E-state index is 13.5. The van der Waals surface area contributed by atoms with Crippen molar-refractivity contribution in [2.45, 2.75) is 290 Å². The molecule has 9 nitrogen and oxygen atoms in total. The van der Waals surface area contributed by atoms with Gasteiger partial charge in [0.2, 0.25) is 5.91 Å². The molecule has 0 spiro atoms. The van der Waals surface area contributed by atoms with Crippen molar-refractivity contribution < 1.29 is 37.3 Å². The quantitative estimate of drug-likeness (QED) is 0.0205. The summed E-state index contributed by atoms with van der Waals surface area (Å²) < 4.78 is 30.6. The van der Waals surface area contributed by atoms with Gasteiger partial charge in [-0.3, -0.25) is 18.6 Å². The van der Waals surface area contributed by atoms with Crippen LogP contribution in [-0.4, -0.2) is 74.3 Å². The third-order valence-corrected chi connectivity index (χ3v) is 14.2. The molecular formula is C61H116N2O7P+. The molecule has 3 atom stereocenters. The highest BCUT2D eigenvalue weighted by atomic mass is 31.2. The summed E-state index contributed by atoms with van der Waals surface area (Å²) in [5.74, 6) is -0.523. The number of esters is 1. The van der Waals surface area contributed by atoms with Crippen LogP contribution in [-0.2, 0) is 27.9 Å². The van der Waals surface area contributed by atoms with E-state index in [0.717, 1.165) is 70.6 Å². The van der Waals surface area contributed by atoms with Gasteiger partial charge in [0.05, 0.1) is 33.8 Å². The van der Waals surface area contributed by atoms with Crippen LogP contribution in [0.1, 0.15) is 278 Å². The molecule has 0 aliphatic rings. The molecule has 0 saturated heterocycles. The van der Waals surface area contributed by atoms with E-state index in [4.69, 9.17) is 13.8 Å². The van der Waals surface area contributed by atoms with Crippen molar-refractivity contribution >= 4 is 19.7 Å². The summed E-state index contributed by atoms with van der Waals surface area (Å²) in [6.45, 7) is 6.98. The maximum atomic E-state index is 13.5. The molecule has 2 N–H and O–H groups in total. The lowest BCUT2D eigenvalue weighted by atomic mass is 10.0. The Morgan fingerprint density at radius 1 is 0.493 bits per heavy atom. The lowest BCUT2D eigenvalue weighted by molar-refractivity contribution is -0.870. The van der Waals surface area contributed by atoms with Gasteiger partial charge in [-0.15, -0.1) is 0 Å². The molecule has 0 bridgehead atoms. The number of phosphoric ester groups is 1. The number of nitrogens with one attached hydrogen (secondary N) is 1. The van der Waals surface area contributed by atoms with E-state index in [1.165, 1.54) is 167 Å². The number of hydrogen-bond acceptors (Lipinski definition) is 6. The van der Waals surface area contributed by atoms with Gasteiger partial charge in [0.25, 0.3) is 0 Å². The second-order valence-electron chi connectivity index (χ2n) is 21.5. The SMILES string of the molecule is CCCCC/C=C\C/C=C\CCCCCCCCCCCC(=O)NC(COP(=O)(O)OCC[N+](C)(C)C)C(/C=C\CCCCCCCCCCCC)OC(=O)CCCCC/C=C\CCCCCCCCC. The fourth-order valence-corrected chi connectivity index (χ4v) is 9.29. The van der Waals surface area contributed by atoms with E-state index in [0.29, 0.717) is 23.9 Å². The highest BCUT2D eigenvalue weighted by molar-refractivity contribution is 7.47. The smallest absolute Gasteiger partial charge is 0.456 e. The van der Waals surface area contributed by atoms with E-state index < -0.39 is 20.0 Å². The molecule has 0 aliphatic carbocycles. The Balaban J connectivity index is 5.30. The van der Waals surface area contributed by atoms with Crippen molar-refractivity contribution in [3.05, 3.63) is 48.6 Å². The first-order valence-corrected chi connectivity index (χ1v) is 31.5. The van der Waals surface area contributed by atoms with Gasteiger partial charge in [-0.1, -0.05) is 224 Å². The van der Waals surface area contributed by atoms with Crippen molar-refractivity contribution in [2.24, 2.45) is 0 Å². The average Bonchev–Trinajstić information content (AvgIpc) is 3.33. The summed E-state index contributed by atoms with van der Waals surface area (Å²) in [5.41, 5.74) is 0. The zero-order valence-corrected chi connectivity index (χ0v) is 48.4. The Morgan fingerprint density at radius 3 is 1.32 bits per heavy atom. The molecule has 0 radical (unpaired) electrons. The number of phosphoric acid groups is 1. The Hall–Kier alpha value is -2.03. The molecule has 0 saturated carbocycles. The monoisotopic (exact) mass is 1020 g/mol. The maximum Gasteiger partial charge on any atom is 0.472 e. The van der Waals surface area contributed by atoms with Crippen molar-refractivity contribution in [3.8, 4) is 0 Å². The van der Waals surface area contributed by atoms with Gasteiger partial charge in [-0.25, -0.2) is 4.57 Å². The second kappa shape index (κ2) is 51.5. The minimum Gasteiger partial charge on any atom is -0.456 e. The summed E-state index contributed by atoms with van der Waals surface area (Å²) in [6, 6.07) is -0.855. The van der Waals surface area contributed by atoms with E-state index in [1.54, 1.807) is 0 Å². The average molecular weight is 1020 g/mol. The normalized spacial score (nSPS) is 14.1. The van der Waals surface area contributed by atoms with Gasteiger partial charge in [0, 0.05) is 12.8 Å². The van der Waals surface area contributed by atoms with E-state index in [2.05, 4.69) is 62.5 Å². The summed E-state index contributed by atoms with van der Waals surface area (Å²) in [6.07, 6.45) is 62.4. The predicted octanol–water partition coefficient (Wildman–Crippen LogP) is 18.1. The zero-order valence-electron chi connectivity index (χ0n) is 47.5. The highest BCUT2D eigenvalue weighted by Crippen LogP contribution is 2.43. The van der Waals surface area contributed by atoms with E-state index in [1.807, 2.05) is 33.3 Å². The van der Waals surface area contributed by atoms with Crippen LogP contribution in [0.4, 0.5) is 0 Å². The van der Waals surface area contributed by atoms with Crippen LogP contribution in [0.5, 0.6) is 0 Å². The number of nitrogens with zero attached hydrogens (tertiary/aromatic N) is 1. The van der Waals surface area contributed by atoms with E-state index in [-0.39, 0.29) is 31.5 Å². The largest absolute Gasteiger partial charge is 0.472 e. The fraction of sp³-hybridized carbons (Fsp3) is 0.836. The molecule has 71 heavy (non-hydrogen) atoms. The lowest BCUT2D eigenvalue weighted by Gasteiger charge is -2.27. The number of carbonyl (C=O) groups is 2. The molecule has 416 valence electrons. The zero-order chi connectivity index (χ0) is 52.2. The number of allylic oxidation sites excluding steroid dienone is 7. The Bertz CT molecular complexity index is 1360. The lowest BCUT2D eigenvalue weighted by Crippen LogP contribution is -2.47. The third kappa shape index (κ3) is 52.6. The fourth-order valence-electron chi connectivity index (χ4n) is 8.55. The Labute approximate surface area is 439 Å². The van der Waals surface area contributed by atoms with Gasteiger partial charge in [0.1, 0.15) is 19.3 Å². The standard InChI is InChI=1S/C61H115N2O7P/c1-7-10-13-16-19-22-25-28-30-31-32-33-34-35-38-41-44-47-50-53-60(64)62-58(57-69-71(66,67)68-56-55-63(4,5)6)59(52-49-46-43-40-37-27-24-21-18-15-12-9-3)70-61(65)54-51-48-45-42-39-36-29-26-23-20-17-14-11-8-2/h19,22,28,30,36,39,49,52,58-59H,7-18,20-21,23-27,29,31-35,37-38,40-48,50-51,53-57H2,1-6H3,(H-,62,64,66,67)/p+1/b22-19-,30-28-,39-36-,52-49-. The Morgan fingerprint density at radius 2 is 0.859 bits per heavy atom. The number of carbonyl (C=O) groups excluding carboxylic acids is 2. The molecule has 10 heteroatoms. The number of likely N-dealkylation sites (N-methyl/N-ethyl adjacent to an activating group) is 1. The molecule has 0 aromatic heterocycles. The summed E-state index contributed by atoms with van der Waals surface area (Å²) in [5, 5.41) is 3.05. The molecular weight excluding hydrogens is 904 g/mol. The number of unbranched alkanes of at least 4 members (excludes halogenated alkanes) is 32. The van der Waals surface area contributed by atoms with Crippen LogP contribution in [0.15, 0.2) is 48.6 Å². The van der Waals surface area contributed by atoms with Crippen molar-refractivity contribution in [2.75, 3.05) is 40.9 Å². The molecule has 1 amide bonds. The number of hydrogen-bond donors (Lipinski definition) is 2. The van der Waals surface area contributed by atoms with Crippen LogP contribution in [0.2, 0.25) is 0 Å². The van der Waals surface area contributed by atoms with Gasteiger partial charge < -0.3 is 19.4 Å². The highest BCUT2D eigenvalue weighted by Gasteiger charge is 2.30. The number of amides is 1. The Kier molecular flexibility index (Phi) is 50.0. The summed E-state index contributed by atoms with van der Waals surface area (Å²) >= 11 is 0. The predicted molar refractivity (Wildman–Crippen MR) is 305 cm³/mol. The molecule has 0 heterocycles. The minimum absolute atomic E-state index is 0.0373. The van der Waals surface area contributed by atoms with Crippen molar-refractivity contribution in [1.82, 2.24) is 5.32 Å². The number of ether oxygens (including phenoxy) is 1. The van der Waals surface area contributed by atoms with Gasteiger partial charge in [0.15, 0.2) is 0 Å². The van der Waals surface area contributed by atoms with Gasteiger partial charge in [-0.05, 0) is 89.5 Å². The van der Waals surface area contributed by atoms with Crippen LogP contribution in [0, 0.1) is 0 Å². The first-order chi connectivity index (χ1) is 34.4.